The van der Waals surface area contributed by atoms with Gasteiger partial charge in [0.15, 0.2) is 0 Å². The molecule has 0 radical (unpaired) electrons. The van der Waals surface area contributed by atoms with Gasteiger partial charge in [0.2, 0.25) is 5.95 Å². The molecule has 0 aliphatic carbocycles. The minimum absolute atomic E-state index is 0.00470. The number of benzene rings is 1. The zero-order valence-electron chi connectivity index (χ0n) is 16.8. The predicted molar refractivity (Wildman–Crippen MR) is 113 cm³/mol. The number of hydrazine groups is 1. The Morgan fingerprint density at radius 3 is 2.34 bits per heavy atom. The lowest BCUT2D eigenvalue weighted by molar-refractivity contribution is 0.0783. The molecule has 2 fully saturated rings. The van der Waals surface area contributed by atoms with Gasteiger partial charge in [0.1, 0.15) is 0 Å². The maximum absolute atomic E-state index is 13.2. The molecule has 8 heteroatoms. The Morgan fingerprint density at radius 2 is 1.72 bits per heavy atom. The van der Waals surface area contributed by atoms with Crippen LogP contribution in [0.5, 0.6) is 0 Å². The number of para-hydroxylation sites is 1. The average molecular weight is 393 g/mol. The lowest BCUT2D eigenvalue weighted by Crippen LogP contribution is -2.35. The summed E-state index contributed by atoms with van der Waals surface area (Å²) in [4.78, 5) is 26.6. The van der Waals surface area contributed by atoms with Crippen LogP contribution in [0.4, 0.5) is 11.6 Å². The zero-order valence-corrected chi connectivity index (χ0v) is 16.8. The minimum atomic E-state index is 0.00470. The number of carbonyl (C=O) groups excluding carboxylic acids is 1. The Morgan fingerprint density at radius 1 is 1.10 bits per heavy atom. The molecule has 0 spiro atoms. The van der Waals surface area contributed by atoms with Gasteiger partial charge < -0.3 is 15.5 Å². The summed E-state index contributed by atoms with van der Waals surface area (Å²) in [5.41, 5.74) is 8.63. The largest absolute Gasteiger partial charge is 0.403 e. The number of aromatic nitrogens is 2. The molecule has 4 N–H and O–H groups in total. The van der Waals surface area contributed by atoms with Gasteiger partial charge in [0.05, 0.1) is 11.3 Å². The van der Waals surface area contributed by atoms with Crippen LogP contribution in [0.3, 0.4) is 0 Å². The standard InChI is InChI=1S/C21H27N7O/c1-14-9-15(2)25-21(24-14)27-12-16-10-26(11-17(16)13-27)20(29)18-5-3-4-6-19(18)28(23)8-7-22/h3-9,16-17H,10-13,22-23H2,1-2H3/b8-7-. The molecule has 1 amide bonds. The van der Waals surface area contributed by atoms with Crippen molar-refractivity contribution >= 4 is 17.5 Å². The first-order chi connectivity index (χ1) is 14.0. The van der Waals surface area contributed by atoms with Crippen molar-refractivity contribution in [2.24, 2.45) is 23.4 Å². The van der Waals surface area contributed by atoms with E-state index >= 15 is 0 Å². The van der Waals surface area contributed by atoms with E-state index in [9.17, 15) is 4.79 Å². The van der Waals surface area contributed by atoms with Crippen molar-refractivity contribution in [2.45, 2.75) is 13.8 Å². The Balaban J connectivity index is 1.47. The number of fused-ring (bicyclic) bond motifs is 1. The Kier molecular flexibility index (Phi) is 5.10. The summed E-state index contributed by atoms with van der Waals surface area (Å²) in [5, 5.41) is 1.38. The van der Waals surface area contributed by atoms with Gasteiger partial charge in [0.25, 0.3) is 5.91 Å². The van der Waals surface area contributed by atoms with E-state index in [1.165, 1.54) is 17.4 Å². The first kappa shape index (κ1) is 19.2. The van der Waals surface area contributed by atoms with E-state index in [2.05, 4.69) is 14.9 Å². The number of nitrogens with zero attached hydrogens (tertiary/aromatic N) is 5. The van der Waals surface area contributed by atoms with Gasteiger partial charge in [-0.2, -0.15) is 0 Å². The van der Waals surface area contributed by atoms with Crippen molar-refractivity contribution in [3.63, 3.8) is 0 Å². The highest BCUT2D eigenvalue weighted by atomic mass is 16.2. The van der Waals surface area contributed by atoms with Crippen molar-refractivity contribution in [2.75, 3.05) is 36.1 Å². The van der Waals surface area contributed by atoms with Crippen LogP contribution in [0.15, 0.2) is 42.7 Å². The van der Waals surface area contributed by atoms with Crippen LogP contribution in [0, 0.1) is 25.7 Å². The average Bonchev–Trinajstić information content (AvgIpc) is 3.26. The topological polar surface area (TPSA) is 105 Å². The molecular formula is C21H27N7O. The van der Waals surface area contributed by atoms with E-state index in [1.54, 1.807) is 0 Å². The Hall–Kier alpha value is -3.13. The van der Waals surface area contributed by atoms with Crippen molar-refractivity contribution < 1.29 is 4.79 Å². The molecule has 1 aromatic heterocycles. The van der Waals surface area contributed by atoms with E-state index in [1.807, 2.05) is 49.1 Å². The molecule has 2 aromatic rings. The Labute approximate surface area is 170 Å². The van der Waals surface area contributed by atoms with Gasteiger partial charge in [-0.05, 0) is 32.0 Å². The molecule has 4 rings (SSSR count). The number of amides is 1. The van der Waals surface area contributed by atoms with Crippen molar-refractivity contribution in [1.82, 2.24) is 14.9 Å². The maximum atomic E-state index is 13.2. The second-order valence-electron chi connectivity index (χ2n) is 7.85. The molecule has 2 unspecified atom stereocenters. The van der Waals surface area contributed by atoms with E-state index in [0.29, 0.717) is 23.1 Å². The molecule has 3 heterocycles. The van der Waals surface area contributed by atoms with E-state index in [4.69, 9.17) is 11.6 Å². The first-order valence-electron chi connectivity index (χ1n) is 9.84. The Bertz CT molecular complexity index is 910. The third kappa shape index (κ3) is 3.75. The number of aryl methyl sites for hydroxylation is 2. The van der Waals surface area contributed by atoms with Gasteiger partial charge in [-0.15, -0.1) is 0 Å². The number of nitrogens with two attached hydrogens (primary N) is 2. The molecule has 152 valence electrons. The van der Waals surface area contributed by atoms with Gasteiger partial charge >= 0.3 is 0 Å². The first-order valence-corrected chi connectivity index (χ1v) is 9.84. The summed E-state index contributed by atoms with van der Waals surface area (Å²) in [6.45, 7) is 7.20. The number of likely N-dealkylation sites (tertiary alicyclic amines) is 1. The van der Waals surface area contributed by atoms with Gasteiger partial charge in [0, 0.05) is 61.8 Å². The van der Waals surface area contributed by atoms with Crippen LogP contribution >= 0.6 is 0 Å². The SMILES string of the molecule is Cc1cc(C)nc(N2CC3CN(C(=O)c4ccccc4N(N)/C=C\N)CC3C2)n1. The normalized spacial score (nSPS) is 21.1. The molecule has 2 aliphatic heterocycles. The second-order valence-corrected chi connectivity index (χ2v) is 7.85. The fourth-order valence-corrected chi connectivity index (χ4v) is 4.39. The molecule has 8 nitrogen and oxygen atoms in total. The van der Waals surface area contributed by atoms with Crippen molar-refractivity contribution in [3.8, 4) is 0 Å². The highest BCUT2D eigenvalue weighted by Gasteiger charge is 2.42. The van der Waals surface area contributed by atoms with Crippen LogP contribution in [-0.2, 0) is 0 Å². The predicted octanol–water partition coefficient (Wildman–Crippen LogP) is 1.41. The number of anilines is 2. The number of carbonyl (C=O) groups is 1. The second kappa shape index (κ2) is 7.71. The summed E-state index contributed by atoms with van der Waals surface area (Å²) in [7, 11) is 0. The van der Waals surface area contributed by atoms with Crippen molar-refractivity contribution in [1.29, 1.82) is 0 Å². The van der Waals surface area contributed by atoms with Crippen molar-refractivity contribution in [3.05, 3.63) is 59.7 Å². The van der Waals surface area contributed by atoms with Crippen LogP contribution in [0.25, 0.3) is 0 Å². The highest BCUT2D eigenvalue weighted by Crippen LogP contribution is 2.34. The molecule has 1 aromatic carbocycles. The van der Waals surface area contributed by atoms with Crippen LogP contribution in [0.2, 0.25) is 0 Å². The quantitative estimate of drug-likeness (QED) is 0.598. The summed E-state index contributed by atoms with van der Waals surface area (Å²) in [6.07, 6.45) is 2.89. The lowest BCUT2D eigenvalue weighted by atomic mass is 10.0. The van der Waals surface area contributed by atoms with E-state index in [0.717, 1.165) is 43.5 Å². The van der Waals surface area contributed by atoms with E-state index < -0.39 is 0 Å². The number of hydrogen-bond donors (Lipinski definition) is 2. The number of hydrogen-bond acceptors (Lipinski definition) is 7. The summed E-state index contributed by atoms with van der Waals surface area (Å²) < 4.78 is 0. The van der Waals surface area contributed by atoms with Gasteiger partial charge in [-0.3, -0.25) is 9.80 Å². The molecule has 0 saturated carbocycles. The number of rotatable bonds is 4. The smallest absolute Gasteiger partial charge is 0.256 e. The van der Waals surface area contributed by atoms with Crippen LogP contribution in [-0.4, -0.2) is 47.0 Å². The molecule has 2 saturated heterocycles. The van der Waals surface area contributed by atoms with Crippen LogP contribution < -0.4 is 21.5 Å². The molecule has 0 bridgehead atoms. The molecule has 29 heavy (non-hydrogen) atoms. The summed E-state index contributed by atoms with van der Waals surface area (Å²) in [5.74, 6) is 7.67. The highest BCUT2D eigenvalue weighted by molar-refractivity contribution is 6.00. The molecular weight excluding hydrogens is 366 g/mol. The van der Waals surface area contributed by atoms with E-state index in [-0.39, 0.29) is 5.91 Å². The summed E-state index contributed by atoms with van der Waals surface area (Å²) >= 11 is 0. The third-order valence-corrected chi connectivity index (χ3v) is 5.69. The fraction of sp³-hybridized carbons (Fsp3) is 0.381. The van der Waals surface area contributed by atoms with Gasteiger partial charge in [-0.25, -0.2) is 15.8 Å². The van der Waals surface area contributed by atoms with Gasteiger partial charge in [-0.1, -0.05) is 12.1 Å². The molecule has 2 aliphatic rings. The molecule has 2 atom stereocenters. The fourth-order valence-electron chi connectivity index (χ4n) is 4.39. The monoisotopic (exact) mass is 393 g/mol. The minimum Gasteiger partial charge on any atom is -0.403 e. The summed E-state index contributed by atoms with van der Waals surface area (Å²) in [6, 6.07) is 9.33. The third-order valence-electron chi connectivity index (χ3n) is 5.69. The maximum Gasteiger partial charge on any atom is 0.256 e. The zero-order chi connectivity index (χ0) is 20.5. The lowest BCUT2D eigenvalue weighted by Gasteiger charge is -2.24. The van der Waals surface area contributed by atoms with Crippen LogP contribution in [0.1, 0.15) is 21.7 Å².